The predicted octanol–water partition coefficient (Wildman–Crippen LogP) is 1.80. The number of amides is 1. The fraction of sp³-hybridized carbons (Fsp3) is 0.600. The number of rotatable bonds is 6. The molecule has 1 aromatic rings. The molecule has 0 aliphatic heterocycles. The SMILES string of the molecule is Cc1oc(NC(=O)C(C)N(C)CCC(C)O)c(C#N)c1C. The van der Waals surface area contributed by atoms with Crippen LogP contribution < -0.4 is 5.32 Å². The Kier molecular flexibility index (Phi) is 5.94. The van der Waals surface area contributed by atoms with Crippen LogP contribution in [0.4, 0.5) is 5.88 Å². The quantitative estimate of drug-likeness (QED) is 0.834. The summed E-state index contributed by atoms with van der Waals surface area (Å²) in [6.45, 7) is 7.63. The number of carbonyl (C=O) groups is 1. The van der Waals surface area contributed by atoms with E-state index in [0.717, 1.165) is 5.56 Å². The van der Waals surface area contributed by atoms with Crippen molar-refractivity contribution in [1.82, 2.24) is 4.90 Å². The van der Waals surface area contributed by atoms with Gasteiger partial charge >= 0.3 is 0 Å². The van der Waals surface area contributed by atoms with Crippen LogP contribution in [0.3, 0.4) is 0 Å². The molecule has 0 spiro atoms. The first-order valence-electron chi connectivity index (χ1n) is 6.97. The topological polar surface area (TPSA) is 89.5 Å². The van der Waals surface area contributed by atoms with E-state index >= 15 is 0 Å². The van der Waals surface area contributed by atoms with Gasteiger partial charge in [0.05, 0.1) is 12.1 Å². The van der Waals surface area contributed by atoms with E-state index < -0.39 is 6.10 Å². The van der Waals surface area contributed by atoms with Crippen LogP contribution in [0.5, 0.6) is 0 Å². The number of hydrogen-bond donors (Lipinski definition) is 2. The summed E-state index contributed by atoms with van der Waals surface area (Å²) in [6.07, 6.45) is 0.194. The zero-order chi connectivity index (χ0) is 16.2. The molecule has 21 heavy (non-hydrogen) atoms. The first-order chi connectivity index (χ1) is 9.77. The van der Waals surface area contributed by atoms with Gasteiger partial charge in [-0.1, -0.05) is 0 Å². The molecule has 2 unspecified atom stereocenters. The van der Waals surface area contributed by atoms with Gasteiger partial charge in [-0.15, -0.1) is 0 Å². The number of nitrogens with zero attached hydrogens (tertiary/aromatic N) is 2. The normalized spacial score (nSPS) is 13.8. The van der Waals surface area contributed by atoms with Gasteiger partial charge in [-0.05, 0) is 41.2 Å². The third-order valence-electron chi connectivity index (χ3n) is 3.67. The van der Waals surface area contributed by atoms with E-state index in [1.54, 1.807) is 27.7 Å². The van der Waals surface area contributed by atoms with Gasteiger partial charge in [0.15, 0.2) is 0 Å². The molecule has 2 N–H and O–H groups in total. The number of carbonyl (C=O) groups excluding carboxylic acids is 1. The van der Waals surface area contributed by atoms with Gasteiger partial charge in [-0.3, -0.25) is 15.0 Å². The molecule has 1 heterocycles. The molecule has 116 valence electrons. The summed E-state index contributed by atoms with van der Waals surface area (Å²) in [5.74, 6) is 0.582. The van der Waals surface area contributed by atoms with Crippen LogP contribution in [0.1, 0.15) is 37.2 Å². The fourth-order valence-corrected chi connectivity index (χ4v) is 1.85. The Balaban J connectivity index is 2.73. The number of nitrogens with one attached hydrogen (secondary N) is 1. The van der Waals surface area contributed by atoms with Gasteiger partial charge in [0, 0.05) is 12.1 Å². The molecule has 0 saturated carbocycles. The molecule has 0 fully saturated rings. The number of hydrogen-bond acceptors (Lipinski definition) is 5. The number of aliphatic hydroxyl groups is 1. The average Bonchev–Trinajstić information content (AvgIpc) is 2.69. The smallest absolute Gasteiger partial charge is 0.243 e. The minimum Gasteiger partial charge on any atom is -0.444 e. The number of aliphatic hydroxyl groups excluding tert-OH is 1. The largest absolute Gasteiger partial charge is 0.444 e. The maximum atomic E-state index is 12.2. The summed E-state index contributed by atoms with van der Waals surface area (Å²) in [5.41, 5.74) is 1.10. The highest BCUT2D eigenvalue weighted by Crippen LogP contribution is 2.25. The Hall–Kier alpha value is -1.84. The summed E-state index contributed by atoms with van der Waals surface area (Å²) >= 11 is 0. The van der Waals surface area contributed by atoms with Crippen molar-refractivity contribution in [2.45, 2.75) is 46.3 Å². The third-order valence-corrected chi connectivity index (χ3v) is 3.67. The lowest BCUT2D eigenvalue weighted by Crippen LogP contribution is -2.40. The van der Waals surface area contributed by atoms with Crippen LogP contribution in [0.15, 0.2) is 4.42 Å². The van der Waals surface area contributed by atoms with Crippen molar-refractivity contribution in [3.8, 4) is 6.07 Å². The van der Waals surface area contributed by atoms with Crippen molar-refractivity contribution < 1.29 is 14.3 Å². The summed E-state index contributed by atoms with van der Waals surface area (Å²) < 4.78 is 5.42. The van der Waals surface area contributed by atoms with E-state index in [-0.39, 0.29) is 17.8 Å². The monoisotopic (exact) mass is 293 g/mol. The number of nitriles is 1. The number of anilines is 1. The Morgan fingerprint density at radius 1 is 1.48 bits per heavy atom. The Bertz CT molecular complexity index is 543. The molecular formula is C15H23N3O3. The lowest BCUT2D eigenvalue weighted by molar-refractivity contribution is -0.120. The van der Waals surface area contributed by atoms with E-state index in [1.807, 2.05) is 18.0 Å². The zero-order valence-electron chi connectivity index (χ0n) is 13.2. The maximum Gasteiger partial charge on any atom is 0.243 e. The Labute approximate surface area is 125 Å². The van der Waals surface area contributed by atoms with Gasteiger partial charge in [0.25, 0.3) is 0 Å². The molecule has 0 aliphatic carbocycles. The first kappa shape index (κ1) is 17.2. The fourth-order valence-electron chi connectivity index (χ4n) is 1.85. The van der Waals surface area contributed by atoms with Crippen molar-refractivity contribution in [2.75, 3.05) is 18.9 Å². The molecular weight excluding hydrogens is 270 g/mol. The van der Waals surface area contributed by atoms with Crippen molar-refractivity contribution in [3.05, 3.63) is 16.9 Å². The highest BCUT2D eigenvalue weighted by molar-refractivity contribution is 5.94. The second kappa shape index (κ2) is 7.25. The molecule has 1 aromatic heterocycles. The molecule has 6 nitrogen and oxygen atoms in total. The van der Waals surface area contributed by atoms with E-state index in [4.69, 9.17) is 9.68 Å². The minimum atomic E-state index is -0.400. The van der Waals surface area contributed by atoms with Gasteiger partial charge in [0.2, 0.25) is 11.8 Å². The van der Waals surface area contributed by atoms with Crippen LogP contribution >= 0.6 is 0 Å². The summed E-state index contributed by atoms with van der Waals surface area (Å²) in [4.78, 5) is 14.0. The molecule has 0 bridgehead atoms. The molecule has 0 aromatic carbocycles. The minimum absolute atomic E-state index is 0.202. The number of likely N-dealkylation sites (N-methyl/N-ethyl adjacent to an activating group) is 1. The van der Waals surface area contributed by atoms with Crippen molar-refractivity contribution in [2.24, 2.45) is 0 Å². The summed E-state index contributed by atoms with van der Waals surface area (Å²) in [6, 6.07) is 1.66. The Morgan fingerprint density at radius 2 is 2.10 bits per heavy atom. The van der Waals surface area contributed by atoms with E-state index in [0.29, 0.717) is 24.3 Å². The third kappa shape index (κ3) is 4.31. The zero-order valence-corrected chi connectivity index (χ0v) is 13.2. The second-order valence-corrected chi connectivity index (χ2v) is 5.38. The number of aryl methyl sites for hydroxylation is 1. The molecule has 6 heteroatoms. The van der Waals surface area contributed by atoms with Gasteiger partial charge in [0.1, 0.15) is 17.4 Å². The average molecular weight is 293 g/mol. The van der Waals surface area contributed by atoms with Crippen LogP contribution in [-0.4, -0.2) is 41.7 Å². The summed E-state index contributed by atoms with van der Waals surface area (Å²) in [7, 11) is 1.82. The first-order valence-corrected chi connectivity index (χ1v) is 6.97. The molecule has 0 saturated heterocycles. The molecule has 0 aliphatic rings. The Morgan fingerprint density at radius 3 is 2.62 bits per heavy atom. The van der Waals surface area contributed by atoms with Crippen LogP contribution in [0, 0.1) is 25.2 Å². The highest BCUT2D eigenvalue weighted by Gasteiger charge is 2.22. The van der Waals surface area contributed by atoms with E-state index in [2.05, 4.69) is 5.32 Å². The van der Waals surface area contributed by atoms with Gasteiger partial charge in [-0.2, -0.15) is 5.26 Å². The lowest BCUT2D eigenvalue weighted by Gasteiger charge is -2.23. The van der Waals surface area contributed by atoms with Gasteiger partial charge in [-0.25, -0.2) is 0 Å². The number of furan rings is 1. The summed E-state index contributed by atoms with van der Waals surface area (Å²) in [5, 5.41) is 21.1. The lowest BCUT2D eigenvalue weighted by atomic mass is 10.2. The standard InChI is InChI=1S/C15H23N3O3/c1-9(19)6-7-18(5)11(3)14(20)17-15-13(8-16)10(2)12(4)21-15/h9,11,19H,6-7H2,1-5H3,(H,17,20). The second-order valence-electron chi connectivity index (χ2n) is 5.38. The van der Waals surface area contributed by atoms with Crippen LogP contribution in [0.25, 0.3) is 0 Å². The van der Waals surface area contributed by atoms with Crippen molar-refractivity contribution in [1.29, 1.82) is 5.26 Å². The van der Waals surface area contributed by atoms with Crippen LogP contribution in [-0.2, 0) is 4.79 Å². The molecule has 1 amide bonds. The van der Waals surface area contributed by atoms with Crippen molar-refractivity contribution in [3.63, 3.8) is 0 Å². The van der Waals surface area contributed by atoms with Gasteiger partial charge < -0.3 is 9.52 Å². The molecule has 1 rings (SSSR count). The van der Waals surface area contributed by atoms with Crippen molar-refractivity contribution >= 4 is 11.8 Å². The predicted molar refractivity (Wildman–Crippen MR) is 79.9 cm³/mol. The highest BCUT2D eigenvalue weighted by atomic mass is 16.4. The molecule has 0 radical (unpaired) electrons. The maximum absolute atomic E-state index is 12.2. The van der Waals surface area contributed by atoms with E-state index in [1.165, 1.54) is 0 Å². The van der Waals surface area contributed by atoms with Crippen LogP contribution in [0.2, 0.25) is 0 Å². The molecule has 2 atom stereocenters. The van der Waals surface area contributed by atoms with E-state index in [9.17, 15) is 9.90 Å².